The van der Waals surface area contributed by atoms with Gasteiger partial charge in [-0.15, -0.1) is 0 Å². The molecule has 3 nitrogen and oxygen atoms in total. The van der Waals surface area contributed by atoms with Crippen LogP contribution >= 0.6 is 0 Å². The molecule has 1 heterocycles. The number of aliphatic hydroxyl groups excluding tert-OH is 1. The van der Waals surface area contributed by atoms with Gasteiger partial charge in [0.05, 0.1) is 11.6 Å². The molecule has 1 N–H and O–H groups in total. The number of Topliss-reactive ketones (excluding diaryl/α,β-unsaturated/α-hetero) is 1. The summed E-state index contributed by atoms with van der Waals surface area (Å²) in [6, 6.07) is 14.3. The minimum Gasteiger partial charge on any atom is -0.386 e. The molecule has 1 aromatic heterocycles. The van der Waals surface area contributed by atoms with Crippen LogP contribution in [0.1, 0.15) is 29.1 Å². The van der Waals surface area contributed by atoms with Crippen molar-refractivity contribution in [3.8, 4) is 0 Å². The van der Waals surface area contributed by atoms with Gasteiger partial charge in [-0.1, -0.05) is 43.3 Å². The molecule has 0 fully saturated rings. The molecule has 0 spiro atoms. The summed E-state index contributed by atoms with van der Waals surface area (Å²) in [5.41, 5.74) is 1.13. The third-order valence-electron chi connectivity index (χ3n) is 2.94. The highest BCUT2D eigenvalue weighted by Crippen LogP contribution is 2.23. The van der Waals surface area contributed by atoms with Crippen molar-refractivity contribution in [2.24, 2.45) is 5.92 Å². The van der Waals surface area contributed by atoms with Crippen LogP contribution in [-0.4, -0.2) is 15.9 Å². The number of pyridine rings is 1. The summed E-state index contributed by atoms with van der Waals surface area (Å²) in [6.45, 7) is 1.72. The van der Waals surface area contributed by atoms with Crippen LogP contribution in [-0.2, 0) is 0 Å². The van der Waals surface area contributed by atoms with Crippen molar-refractivity contribution >= 4 is 5.78 Å². The van der Waals surface area contributed by atoms with Gasteiger partial charge < -0.3 is 5.11 Å². The van der Waals surface area contributed by atoms with Crippen LogP contribution in [0.25, 0.3) is 0 Å². The van der Waals surface area contributed by atoms with E-state index in [2.05, 4.69) is 4.98 Å². The average molecular weight is 241 g/mol. The zero-order valence-corrected chi connectivity index (χ0v) is 10.2. The molecule has 0 radical (unpaired) electrons. The molecule has 0 saturated carbocycles. The maximum absolute atomic E-state index is 12.2. The van der Waals surface area contributed by atoms with Gasteiger partial charge in [-0.25, -0.2) is 0 Å². The second-order valence-corrected chi connectivity index (χ2v) is 4.22. The average Bonchev–Trinajstić information content (AvgIpc) is 2.47. The maximum Gasteiger partial charge on any atom is 0.168 e. The SMILES string of the molecule is C[C@H](C(=O)c1ccccc1)[C@@H](O)c1ccccn1. The second-order valence-electron chi connectivity index (χ2n) is 4.22. The Morgan fingerprint density at radius 2 is 1.78 bits per heavy atom. The number of hydrogen-bond donors (Lipinski definition) is 1. The normalized spacial score (nSPS) is 13.9. The van der Waals surface area contributed by atoms with E-state index >= 15 is 0 Å². The summed E-state index contributed by atoms with van der Waals surface area (Å²) in [5.74, 6) is -0.587. The lowest BCUT2D eigenvalue weighted by molar-refractivity contribution is 0.0702. The van der Waals surface area contributed by atoms with E-state index in [9.17, 15) is 9.90 Å². The molecule has 0 aliphatic rings. The number of ketones is 1. The minimum atomic E-state index is -0.876. The first-order valence-electron chi connectivity index (χ1n) is 5.88. The van der Waals surface area contributed by atoms with Crippen LogP contribution in [0.3, 0.4) is 0 Å². The Kier molecular flexibility index (Phi) is 3.85. The quantitative estimate of drug-likeness (QED) is 0.837. The van der Waals surface area contributed by atoms with Crippen LogP contribution in [0.4, 0.5) is 0 Å². The minimum absolute atomic E-state index is 0.0752. The van der Waals surface area contributed by atoms with Crippen LogP contribution in [0, 0.1) is 5.92 Å². The van der Waals surface area contributed by atoms with Gasteiger partial charge in [0, 0.05) is 11.8 Å². The molecule has 0 bridgehead atoms. The van der Waals surface area contributed by atoms with Crippen molar-refractivity contribution in [1.29, 1.82) is 0 Å². The third kappa shape index (κ3) is 2.63. The first-order valence-corrected chi connectivity index (χ1v) is 5.88. The Morgan fingerprint density at radius 3 is 2.39 bits per heavy atom. The first-order chi connectivity index (χ1) is 8.70. The van der Waals surface area contributed by atoms with E-state index in [0.29, 0.717) is 11.3 Å². The van der Waals surface area contributed by atoms with Gasteiger partial charge in [-0.3, -0.25) is 9.78 Å². The zero-order valence-electron chi connectivity index (χ0n) is 10.2. The second kappa shape index (κ2) is 5.56. The fourth-order valence-electron chi connectivity index (χ4n) is 1.82. The fraction of sp³-hybridized carbons (Fsp3) is 0.200. The standard InChI is InChI=1S/C15H15NO2/c1-11(14(17)12-7-3-2-4-8-12)15(18)13-9-5-6-10-16-13/h2-11,15,18H,1H3/t11-,15-/m1/s1. The molecule has 0 aliphatic carbocycles. The number of carbonyl (C=O) groups is 1. The van der Waals surface area contributed by atoms with Crippen LogP contribution in [0.2, 0.25) is 0 Å². The largest absolute Gasteiger partial charge is 0.386 e. The molecule has 18 heavy (non-hydrogen) atoms. The van der Waals surface area contributed by atoms with Crippen molar-refractivity contribution in [3.05, 3.63) is 66.0 Å². The van der Waals surface area contributed by atoms with E-state index in [-0.39, 0.29) is 5.78 Å². The van der Waals surface area contributed by atoms with E-state index in [1.165, 1.54) is 0 Å². The lowest BCUT2D eigenvalue weighted by Gasteiger charge is -2.17. The van der Waals surface area contributed by atoms with Gasteiger partial charge in [0.25, 0.3) is 0 Å². The highest BCUT2D eigenvalue weighted by molar-refractivity contribution is 5.97. The molecule has 0 saturated heterocycles. The molecule has 92 valence electrons. The summed E-state index contributed by atoms with van der Waals surface area (Å²) in [4.78, 5) is 16.2. The molecule has 0 aliphatic heterocycles. The van der Waals surface area contributed by atoms with Crippen LogP contribution in [0.5, 0.6) is 0 Å². The van der Waals surface area contributed by atoms with Gasteiger partial charge >= 0.3 is 0 Å². The summed E-state index contributed by atoms with van der Waals surface area (Å²) >= 11 is 0. The molecule has 0 amide bonds. The van der Waals surface area contributed by atoms with Crippen molar-refractivity contribution in [2.45, 2.75) is 13.0 Å². The molecular formula is C15H15NO2. The Bertz CT molecular complexity index is 511. The third-order valence-corrected chi connectivity index (χ3v) is 2.94. The Balaban J connectivity index is 2.17. The van der Waals surface area contributed by atoms with Gasteiger partial charge in [0.2, 0.25) is 0 Å². The van der Waals surface area contributed by atoms with Crippen LogP contribution in [0.15, 0.2) is 54.7 Å². The molecule has 2 aromatic rings. The van der Waals surface area contributed by atoms with E-state index in [4.69, 9.17) is 0 Å². The highest BCUT2D eigenvalue weighted by Gasteiger charge is 2.25. The van der Waals surface area contributed by atoms with E-state index < -0.39 is 12.0 Å². The monoisotopic (exact) mass is 241 g/mol. The number of rotatable bonds is 4. The summed E-state index contributed by atoms with van der Waals surface area (Å²) in [6.07, 6.45) is 0.733. The number of carbonyl (C=O) groups excluding carboxylic acids is 1. The van der Waals surface area contributed by atoms with Gasteiger partial charge in [0.15, 0.2) is 5.78 Å². The van der Waals surface area contributed by atoms with Crippen molar-refractivity contribution in [3.63, 3.8) is 0 Å². The maximum atomic E-state index is 12.2. The van der Waals surface area contributed by atoms with Crippen molar-refractivity contribution < 1.29 is 9.90 Å². The van der Waals surface area contributed by atoms with Gasteiger partial charge in [-0.05, 0) is 12.1 Å². The molecular weight excluding hydrogens is 226 g/mol. The molecule has 2 atom stereocenters. The van der Waals surface area contributed by atoms with E-state index in [0.717, 1.165) is 0 Å². The summed E-state index contributed by atoms with van der Waals surface area (Å²) < 4.78 is 0. The fourth-order valence-corrected chi connectivity index (χ4v) is 1.82. The Morgan fingerprint density at radius 1 is 1.11 bits per heavy atom. The topological polar surface area (TPSA) is 50.2 Å². The predicted molar refractivity (Wildman–Crippen MR) is 69.1 cm³/mol. The summed E-state index contributed by atoms with van der Waals surface area (Å²) in [7, 11) is 0. The number of nitrogens with zero attached hydrogens (tertiary/aromatic N) is 1. The van der Waals surface area contributed by atoms with Crippen LogP contribution < -0.4 is 0 Å². The number of aromatic nitrogens is 1. The number of aliphatic hydroxyl groups is 1. The van der Waals surface area contributed by atoms with Gasteiger partial charge in [-0.2, -0.15) is 0 Å². The molecule has 2 rings (SSSR count). The van der Waals surface area contributed by atoms with E-state index in [1.54, 1.807) is 43.5 Å². The van der Waals surface area contributed by atoms with Gasteiger partial charge in [0.1, 0.15) is 6.10 Å². The zero-order chi connectivity index (χ0) is 13.0. The Hall–Kier alpha value is -2.00. The lowest BCUT2D eigenvalue weighted by Crippen LogP contribution is -2.20. The summed E-state index contributed by atoms with van der Waals surface area (Å²) in [5, 5.41) is 10.1. The molecule has 0 unspecified atom stereocenters. The van der Waals surface area contributed by atoms with E-state index in [1.807, 2.05) is 18.2 Å². The smallest absolute Gasteiger partial charge is 0.168 e. The lowest BCUT2D eigenvalue weighted by atomic mass is 9.92. The molecule has 1 aromatic carbocycles. The molecule has 3 heteroatoms. The number of benzene rings is 1. The Labute approximate surface area is 106 Å². The highest BCUT2D eigenvalue weighted by atomic mass is 16.3. The first kappa shape index (κ1) is 12.5. The predicted octanol–water partition coefficient (Wildman–Crippen LogP) is 2.63. The van der Waals surface area contributed by atoms with Crippen molar-refractivity contribution in [1.82, 2.24) is 4.98 Å². The van der Waals surface area contributed by atoms with Crippen molar-refractivity contribution in [2.75, 3.05) is 0 Å². The number of hydrogen-bond acceptors (Lipinski definition) is 3.